The van der Waals surface area contributed by atoms with Gasteiger partial charge in [0.2, 0.25) is 5.82 Å². The maximum Gasteiger partial charge on any atom is 0.471 e. The van der Waals surface area contributed by atoms with Crippen molar-refractivity contribution >= 4 is 5.71 Å². The molecule has 0 aliphatic rings. The summed E-state index contributed by atoms with van der Waals surface area (Å²) in [7, 11) is 1.77. The van der Waals surface area contributed by atoms with E-state index in [-0.39, 0.29) is 5.82 Å². The second-order valence-electron chi connectivity index (χ2n) is 4.93. The van der Waals surface area contributed by atoms with Crippen LogP contribution in [-0.4, -0.2) is 22.9 Å². The number of benzene rings is 1. The lowest BCUT2D eigenvalue weighted by Gasteiger charge is -2.02. The zero-order valence-corrected chi connectivity index (χ0v) is 12.3. The molecule has 1 aromatic heterocycles. The Morgan fingerprint density at radius 2 is 1.91 bits per heavy atom. The Hall–Kier alpha value is -2.18. The van der Waals surface area contributed by atoms with Crippen LogP contribution in [0.5, 0.6) is 0 Å². The lowest BCUT2D eigenvalue weighted by molar-refractivity contribution is -0.159. The molecular formula is C15H16F3N3O. The van der Waals surface area contributed by atoms with Gasteiger partial charge >= 0.3 is 12.1 Å². The molecule has 2 rings (SSSR count). The number of aryl methyl sites for hydroxylation is 1. The Morgan fingerprint density at radius 3 is 2.45 bits per heavy atom. The highest BCUT2D eigenvalue weighted by Crippen LogP contribution is 2.29. The van der Waals surface area contributed by atoms with E-state index in [1.54, 1.807) is 19.2 Å². The van der Waals surface area contributed by atoms with Crippen LogP contribution in [0.25, 0.3) is 11.4 Å². The molecule has 0 radical (unpaired) electrons. The van der Waals surface area contributed by atoms with Crippen molar-refractivity contribution in [3.8, 4) is 11.4 Å². The SMILES string of the molecule is CN=C(C)CCCc1ccc(-c2noc(C(F)(F)F)n2)cc1. The van der Waals surface area contributed by atoms with Gasteiger partial charge < -0.3 is 4.52 Å². The van der Waals surface area contributed by atoms with Crippen molar-refractivity contribution in [2.75, 3.05) is 7.05 Å². The molecule has 0 aliphatic carbocycles. The number of nitrogens with zero attached hydrogens (tertiary/aromatic N) is 3. The smallest absolute Gasteiger partial charge is 0.329 e. The monoisotopic (exact) mass is 311 g/mol. The first kappa shape index (κ1) is 16.2. The Labute approximate surface area is 126 Å². The molecule has 22 heavy (non-hydrogen) atoms. The van der Waals surface area contributed by atoms with Gasteiger partial charge in [0.25, 0.3) is 0 Å². The Bertz CT molecular complexity index is 645. The standard InChI is InChI=1S/C15H16F3N3O/c1-10(19-2)4-3-5-11-6-8-12(9-7-11)13-20-14(22-21-13)15(16,17)18/h6-9H,3-5H2,1-2H3. The summed E-state index contributed by atoms with van der Waals surface area (Å²) in [5, 5.41) is 3.36. The van der Waals surface area contributed by atoms with E-state index in [1.807, 2.05) is 19.1 Å². The lowest BCUT2D eigenvalue weighted by Crippen LogP contribution is -2.04. The lowest BCUT2D eigenvalue weighted by atomic mass is 10.0. The normalized spacial score (nSPS) is 12.7. The molecule has 0 N–H and O–H groups in total. The van der Waals surface area contributed by atoms with Gasteiger partial charge in [-0.3, -0.25) is 4.99 Å². The van der Waals surface area contributed by atoms with Gasteiger partial charge in [0, 0.05) is 18.3 Å². The molecule has 0 amide bonds. The fraction of sp³-hybridized carbons (Fsp3) is 0.400. The Kier molecular flexibility index (Phi) is 4.95. The molecule has 118 valence electrons. The van der Waals surface area contributed by atoms with Crippen molar-refractivity contribution in [3.63, 3.8) is 0 Å². The molecule has 0 aliphatic heterocycles. The minimum atomic E-state index is -4.62. The van der Waals surface area contributed by atoms with Crippen molar-refractivity contribution in [2.24, 2.45) is 4.99 Å². The summed E-state index contributed by atoms with van der Waals surface area (Å²) < 4.78 is 41.4. The fourth-order valence-corrected chi connectivity index (χ4v) is 1.94. The van der Waals surface area contributed by atoms with Crippen LogP contribution in [0.4, 0.5) is 13.2 Å². The number of hydrogen-bond acceptors (Lipinski definition) is 4. The van der Waals surface area contributed by atoms with Gasteiger partial charge in [-0.15, -0.1) is 0 Å². The van der Waals surface area contributed by atoms with Crippen molar-refractivity contribution in [1.82, 2.24) is 10.1 Å². The van der Waals surface area contributed by atoms with Crippen molar-refractivity contribution in [2.45, 2.75) is 32.4 Å². The van der Waals surface area contributed by atoms with Gasteiger partial charge in [0.15, 0.2) is 0 Å². The number of aliphatic imine (C=N–C) groups is 1. The van der Waals surface area contributed by atoms with E-state index in [4.69, 9.17) is 0 Å². The van der Waals surface area contributed by atoms with Crippen LogP contribution in [0.3, 0.4) is 0 Å². The molecule has 0 bridgehead atoms. The predicted molar refractivity (Wildman–Crippen MR) is 76.7 cm³/mol. The summed E-state index contributed by atoms with van der Waals surface area (Å²) in [6.07, 6.45) is -1.84. The molecular weight excluding hydrogens is 295 g/mol. The van der Waals surface area contributed by atoms with Crippen LogP contribution in [0.15, 0.2) is 33.8 Å². The first-order chi connectivity index (χ1) is 10.4. The summed E-state index contributed by atoms with van der Waals surface area (Å²) in [5.74, 6) is -1.39. The van der Waals surface area contributed by atoms with E-state index >= 15 is 0 Å². The summed E-state index contributed by atoms with van der Waals surface area (Å²) in [6, 6.07) is 7.11. The molecule has 1 heterocycles. The highest BCUT2D eigenvalue weighted by atomic mass is 19.4. The summed E-state index contributed by atoms with van der Waals surface area (Å²) in [4.78, 5) is 7.45. The van der Waals surface area contributed by atoms with Crippen LogP contribution in [0, 0.1) is 0 Å². The van der Waals surface area contributed by atoms with Crippen LogP contribution >= 0.6 is 0 Å². The first-order valence-corrected chi connectivity index (χ1v) is 6.82. The third-order valence-corrected chi connectivity index (χ3v) is 3.27. The highest BCUT2D eigenvalue weighted by molar-refractivity contribution is 5.81. The molecule has 0 atom stereocenters. The minimum absolute atomic E-state index is 0.0622. The van der Waals surface area contributed by atoms with E-state index in [0.29, 0.717) is 5.56 Å². The minimum Gasteiger partial charge on any atom is -0.329 e. The topological polar surface area (TPSA) is 51.3 Å². The summed E-state index contributed by atoms with van der Waals surface area (Å²) in [6.45, 7) is 1.98. The fourth-order valence-electron chi connectivity index (χ4n) is 1.94. The Morgan fingerprint density at radius 1 is 1.23 bits per heavy atom. The molecule has 7 heteroatoms. The summed E-state index contributed by atoms with van der Waals surface area (Å²) >= 11 is 0. The van der Waals surface area contributed by atoms with E-state index in [2.05, 4.69) is 19.7 Å². The van der Waals surface area contributed by atoms with Gasteiger partial charge in [-0.1, -0.05) is 29.4 Å². The predicted octanol–water partition coefficient (Wildman–Crippen LogP) is 4.17. The van der Waals surface area contributed by atoms with Crippen LogP contribution < -0.4 is 0 Å². The maximum atomic E-state index is 12.4. The molecule has 0 spiro atoms. The second kappa shape index (κ2) is 6.72. The van der Waals surface area contributed by atoms with Crippen LogP contribution in [-0.2, 0) is 12.6 Å². The largest absolute Gasteiger partial charge is 0.471 e. The van der Waals surface area contributed by atoms with E-state index in [9.17, 15) is 13.2 Å². The van der Waals surface area contributed by atoms with E-state index < -0.39 is 12.1 Å². The number of aromatic nitrogens is 2. The third kappa shape index (κ3) is 4.16. The van der Waals surface area contributed by atoms with Gasteiger partial charge in [-0.05, 0) is 31.7 Å². The van der Waals surface area contributed by atoms with Gasteiger partial charge in [0.05, 0.1) is 0 Å². The number of rotatable bonds is 5. The van der Waals surface area contributed by atoms with E-state index in [0.717, 1.165) is 30.5 Å². The van der Waals surface area contributed by atoms with Gasteiger partial charge in [0.1, 0.15) is 0 Å². The molecule has 0 saturated carbocycles. The molecule has 0 fully saturated rings. The Balaban J connectivity index is 2.01. The third-order valence-electron chi connectivity index (χ3n) is 3.27. The second-order valence-corrected chi connectivity index (χ2v) is 4.93. The zero-order valence-electron chi connectivity index (χ0n) is 12.3. The highest BCUT2D eigenvalue weighted by Gasteiger charge is 2.38. The maximum absolute atomic E-state index is 12.4. The van der Waals surface area contributed by atoms with Crippen LogP contribution in [0.1, 0.15) is 31.2 Å². The first-order valence-electron chi connectivity index (χ1n) is 6.82. The average molecular weight is 311 g/mol. The van der Waals surface area contributed by atoms with Crippen molar-refractivity contribution in [3.05, 3.63) is 35.7 Å². The quantitative estimate of drug-likeness (QED) is 0.779. The molecule has 4 nitrogen and oxygen atoms in total. The van der Waals surface area contributed by atoms with Crippen LogP contribution in [0.2, 0.25) is 0 Å². The number of hydrogen-bond donors (Lipinski definition) is 0. The molecule has 0 saturated heterocycles. The van der Waals surface area contributed by atoms with Gasteiger partial charge in [-0.25, -0.2) is 0 Å². The molecule has 0 unspecified atom stereocenters. The molecule has 1 aromatic carbocycles. The van der Waals surface area contributed by atoms with Crippen molar-refractivity contribution < 1.29 is 17.7 Å². The van der Waals surface area contributed by atoms with Gasteiger partial charge in [-0.2, -0.15) is 18.2 Å². The number of halogens is 3. The summed E-state index contributed by atoms with van der Waals surface area (Å²) in [5.41, 5.74) is 2.70. The van der Waals surface area contributed by atoms with E-state index in [1.165, 1.54) is 0 Å². The molecule has 2 aromatic rings. The number of alkyl halides is 3. The average Bonchev–Trinajstić information content (AvgIpc) is 2.97. The zero-order chi connectivity index (χ0) is 16.2. The van der Waals surface area contributed by atoms with Crippen molar-refractivity contribution in [1.29, 1.82) is 0 Å².